The Morgan fingerprint density at radius 2 is 1.78 bits per heavy atom. The van der Waals surface area contributed by atoms with Crippen molar-refractivity contribution in [1.29, 1.82) is 0 Å². The summed E-state index contributed by atoms with van der Waals surface area (Å²) < 4.78 is 5.53. The molecule has 2 aliphatic rings. The van der Waals surface area contributed by atoms with Gasteiger partial charge in [0.05, 0.1) is 19.3 Å². The van der Waals surface area contributed by atoms with Gasteiger partial charge in [-0.2, -0.15) is 0 Å². The minimum atomic E-state index is 0.247. The molecule has 0 saturated carbocycles. The molecule has 4 rings (SSSR count). The maximum Gasteiger partial charge on any atom is 0.134 e. The van der Waals surface area contributed by atoms with Crippen molar-refractivity contribution < 1.29 is 4.74 Å². The van der Waals surface area contributed by atoms with E-state index in [0.717, 1.165) is 62.6 Å². The van der Waals surface area contributed by atoms with Crippen molar-refractivity contribution in [3.63, 3.8) is 0 Å². The van der Waals surface area contributed by atoms with Gasteiger partial charge in [0.25, 0.3) is 0 Å². The first-order valence-electron chi connectivity index (χ1n) is 9.68. The van der Waals surface area contributed by atoms with Crippen LogP contribution in [0.15, 0.2) is 36.7 Å². The number of morpholine rings is 1. The highest BCUT2D eigenvalue weighted by Crippen LogP contribution is 2.25. The third kappa shape index (κ3) is 4.69. The van der Waals surface area contributed by atoms with E-state index in [4.69, 9.17) is 16.3 Å². The lowest BCUT2D eigenvalue weighted by molar-refractivity contribution is 0.0187. The van der Waals surface area contributed by atoms with E-state index in [1.165, 1.54) is 18.4 Å². The number of benzene rings is 1. The fourth-order valence-corrected chi connectivity index (χ4v) is 3.92. The Hall–Kier alpha value is -1.89. The molecule has 6 nitrogen and oxygen atoms in total. The number of hydrogen-bond donors (Lipinski definition) is 1. The van der Waals surface area contributed by atoms with E-state index in [1.54, 1.807) is 6.33 Å². The number of nitrogens with one attached hydrogen (secondary N) is 1. The van der Waals surface area contributed by atoms with Crippen LogP contribution in [0.1, 0.15) is 24.4 Å². The smallest absolute Gasteiger partial charge is 0.134 e. The number of halogens is 1. The summed E-state index contributed by atoms with van der Waals surface area (Å²) in [6, 6.07) is 10.4. The van der Waals surface area contributed by atoms with E-state index in [1.807, 2.05) is 12.1 Å². The van der Waals surface area contributed by atoms with Crippen molar-refractivity contribution in [2.75, 3.05) is 56.2 Å². The molecule has 1 aromatic carbocycles. The van der Waals surface area contributed by atoms with Crippen LogP contribution in [0.4, 0.5) is 11.6 Å². The van der Waals surface area contributed by atoms with E-state index in [0.29, 0.717) is 0 Å². The highest BCUT2D eigenvalue weighted by molar-refractivity contribution is 6.30. The van der Waals surface area contributed by atoms with E-state index in [2.05, 4.69) is 43.3 Å². The molecule has 1 N–H and O–H groups in total. The summed E-state index contributed by atoms with van der Waals surface area (Å²) in [7, 11) is 0. The third-order valence-electron chi connectivity index (χ3n) is 5.30. The van der Waals surface area contributed by atoms with Crippen LogP contribution in [-0.2, 0) is 4.74 Å². The van der Waals surface area contributed by atoms with Crippen LogP contribution in [0.3, 0.4) is 0 Å². The molecular weight excluding hydrogens is 362 g/mol. The molecule has 3 heterocycles. The molecule has 0 bridgehead atoms. The van der Waals surface area contributed by atoms with Crippen LogP contribution in [-0.4, -0.2) is 60.8 Å². The van der Waals surface area contributed by atoms with E-state index >= 15 is 0 Å². The number of anilines is 2. The van der Waals surface area contributed by atoms with E-state index in [-0.39, 0.29) is 6.04 Å². The topological polar surface area (TPSA) is 53.5 Å². The standard InChI is InChI=1S/C20H26ClN5O/c21-17-5-3-16(4-6-17)18(25-9-11-27-12-10-25)14-22-19-13-20(24-15-23-19)26-7-1-2-8-26/h3-6,13,15,18H,1-2,7-12,14H2,(H,22,23,24). The monoisotopic (exact) mass is 387 g/mol. The van der Waals surface area contributed by atoms with Gasteiger partial charge >= 0.3 is 0 Å². The van der Waals surface area contributed by atoms with Gasteiger partial charge < -0.3 is 15.0 Å². The molecule has 0 aliphatic carbocycles. The summed E-state index contributed by atoms with van der Waals surface area (Å²) in [5.74, 6) is 1.89. The number of hydrogen-bond acceptors (Lipinski definition) is 6. The Labute approximate surface area is 165 Å². The van der Waals surface area contributed by atoms with Crippen molar-refractivity contribution in [2.24, 2.45) is 0 Å². The molecule has 7 heteroatoms. The number of rotatable bonds is 6. The van der Waals surface area contributed by atoms with Crippen molar-refractivity contribution in [3.8, 4) is 0 Å². The lowest BCUT2D eigenvalue weighted by Gasteiger charge is -2.35. The lowest BCUT2D eigenvalue weighted by atomic mass is 10.0. The highest BCUT2D eigenvalue weighted by Gasteiger charge is 2.23. The molecule has 27 heavy (non-hydrogen) atoms. The zero-order chi connectivity index (χ0) is 18.5. The Bertz CT molecular complexity index is 729. The maximum atomic E-state index is 6.08. The summed E-state index contributed by atoms with van der Waals surface area (Å²) in [4.78, 5) is 13.6. The van der Waals surface area contributed by atoms with Gasteiger partial charge in [0.1, 0.15) is 18.0 Å². The SMILES string of the molecule is Clc1ccc(C(CNc2cc(N3CCCC3)ncn2)N2CCOCC2)cc1. The second kappa shape index (κ2) is 8.87. The zero-order valence-electron chi connectivity index (χ0n) is 15.5. The normalized spacial score (nSPS) is 19.2. The van der Waals surface area contributed by atoms with Crippen molar-refractivity contribution in [2.45, 2.75) is 18.9 Å². The lowest BCUT2D eigenvalue weighted by Crippen LogP contribution is -2.41. The van der Waals surface area contributed by atoms with Gasteiger partial charge in [-0.15, -0.1) is 0 Å². The summed E-state index contributed by atoms with van der Waals surface area (Å²) in [5, 5.41) is 4.29. The van der Waals surface area contributed by atoms with Gasteiger partial charge in [-0.25, -0.2) is 9.97 Å². The molecule has 1 atom stereocenters. The Morgan fingerprint density at radius 1 is 1.04 bits per heavy atom. The van der Waals surface area contributed by atoms with Crippen molar-refractivity contribution in [3.05, 3.63) is 47.2 Å². The molecule has 2 saturated heterocycles. The average Bonchev–Trinajstić information content (AvgIpc) is 3.25. The predicted octanol–water partition coefficient (Wildman–Crippen LogP) is 3.22. The molecule has 0 amide bonds. The number of ether oxygens (including phenoxy) is 1. The summed E-state index contributed by atoms with van der Waals surface area (Å²) in [6.45, 7) is 6.34. The van der Waals surface area contributed by atoms with Crippen LogP contribution in [0.5, 0.6) is 0 Å². The van der Waals surface area contributed by atoms with Crippen LogP contribution in [0.25, 0.3) is 0 Å². The largest absolute Gasteiger partial charge is 0.379 e. The van der Waals surface area contributed by atoms with Crippen LogP contribution < -0.4 is 10.2 Å². The first-order chi connectivity index (χ1) is 13.3. The molecule has 1 unspecified atom stereocenters. The maximum absolute atomic E-state index is 6.08. The van der Waals surface area contributed by atoms with Gasteiger partial charge in [-0.3, -0.25) is 4.90 Å². The fraction of sp³-hybridized carbons (Fsp3) is 0.500. The fourth-order valence-electron chi connectivity index (χ4n) is 3.80. The molecule has 1 aromatic heterocycles. The minimum Gasteiger partial charge on any atom is -0.379 e. The molecule has 2 aliphatic heterocycles. The first-order valence-corrected chi connectivity index (χ1v) is 10.1. The van der Waals surface area contributed by atoms with E-state index < -0.39 is 0 Å². The van der Waals surface area contributed by atoms with Crippen molar-refractivity contribution >= 4 is 23.2 Å². The Balaban J connectivity index is 1.48. The molecule has 0 radical (unpaired) electrons. The van der Waals surface area contributed by atoms with Crippen molar-refractivity contribution in [1.82, 2.24) is 14.9 Å². The van der Waals surface area contributed by atoms with E-state index in [9.17, 15) is 0 Å². The number of aromatic nitrogens is 2. The number of nitrogens with zero attached hydrogens (tertiary/aromatic N) is 4. The molecular formula is C20H26ClN5O. The molecule has 2 fully saturated rings. The van der Waals surface area contributed by atoms with Gasteiger partial charge in [-0.1, -0.05) is 23.7 Å². The van der Waals surface area contributed by atoms with Gasteiger partial charge in [-0.05, 0) is 30.5 Å². The summed E-state index contributed by atoms with van der Waals surface area (Å²) in [6.07, 6.45) is 4.13. The van der Waals surface area contributed by atoms with Gasteiger partial charge in [0, 0.05) is 43.8 Å². The highest BCUT2D eigenvalue weighted by atomic mass is 35.5. The van der Waals surface area contributed by atoms with Crippen LogP contribution >= 0.6 is 11.6 Å². The average molecular weight is 388 g/mol. The van der Waals surface area contributed by atoms with Crippen LogP contribution in [0.2, 0.25) is 5.02 Å². The third-order valence-corrected chi connectivity index (χ3v) is 5.55. The predicted molar refractivity (Wildman–Crippen MR) is 109 cm³/mol. The van der Waals surface area contributed by atoms with Crippen LogP contribution in [0, 0.1) is 0 Å². The zero-order valence-corrected chi connectivity index (χ0v) is 16.2. The Morgan fingerprint density at radius 3 is 2.52 bits per heavy atom. The second-order valence-electron chi connectivity index (χ2n) is 7.05. The first kappa shape index (κ1) is 18.5. The molecule has 0 spiro atoms. The van der Waals surface area contributed by atoms with Gasteiger partial charge in [0.15, 0.2) is 0 Å². The molecule has 2 aromatic rings. The Kier molecular flexibility index (Phi) is 6.07. The molecule has 144 valence electrons. The summed E-state index contributed by atoms with van der Waals surface area (Å²) >= 11 is 6.08. The quantitative estimate of drug-likeness (QED) is 0.821. The minimum absolute atomic E-state index is 0.247. The van der Waals surface area contributed by atoms with Gasteiger partial charge in [0.2, 0.25) is 0 Å². The second-order valence-corrected chi connectivity index (χ2v) is 7.49. The summed E-state index contributed by atoms with van der Waals surface area (Å²) in [5.41, 5.74) is 1.25.